The van der Waals surface area contributed by atoms with Crippen molar-refractivity contribution in [3.8, 4) is 0 Å². The van der Waals surface area contributed by atoms with Crippen LogP contribution in [0.4, 0.5) is 10.1 Å². The van der Waals surface area contributed by atoms with Gasteiger partial charge in [0.25, 0.3) is 0 Å². The minimum Gasteiger partial charge on any atom is -0.396 e. The minimum atomic E-state index is -0.502. The Morgan fingerprint density at radius 1 is 1.50 bits per heavy atom. The lowest BCUT2D eigenvalue weighted by molar-refractivity contribution is 0.632. The predicted octanol–water partition coefficient (Wildman–Crippen LogP) is 2.24. The van der Waals surface area contributed by atoms with E-state index in [1.165, 1.54) is 6.07 Å². The standard InChI is InChI=1S/C7H6ClFN/c1-4-2-7(10)6(9)3-5(4)8/h2-3H,1,10H2. The number of nitrogens with two attached hydrogens (primary N) is 1. The van der Waals surface area contributed by atoms with E-state index >= 15 is 0 Å². The van der Waals surface area contributed by atoms with Gasteiger partial charge in [-0.15, -0.1) is 0 Å². The van der Waals surface area contributed by atoms with Crippen molar-refractivity contribution < 1.29 is 4.39 Å². The van der Waals surface area contributed by atoms with Gasteiger partial charge in [-0.2, -0.15) is 0 Å². The maximum atomic E-state index is 12.5. The molecule has 1 nitrogen and oxygen atoms in total. The zero-order valence-corrected chi connectivity index (χ0v) is 5.95. The van der Waals surface area contributed by atoms with Gasteiger partial charge in [0.15, 0.2) is 0 Å². The summed E-state index contributed by atoms with van der Waals surface area (Å²) in [4.78, 5) is 0. The van der Waals surface area contributed by atoms with Crippen molar-refractivity contribution >= 4 is 17.3 Å². The molecule has 0 saturated carbocycles. The summed E-state index contributed by atoms with van der Waals surface area (Å²) in [5.74, 6) is -0.502. The number of nitrogen functional groups attached to an aromatic ring is 1. The number of hydrogen-bond donors (Lipinski definition) is 1. The van der Waals surface area contributed by atoms with Crippen LogP contribution in [0.15, 0.2) is 12.1 Å². The summed E-state index contributed by atoms with van der Waals surface area (Å²) in [6, 6.07) is 2.55. The molecule has 0 bridgehead atoms. The molecule has 1 aromatic rings. The average Bonchev–Trinajstić information content (AvgIpc) is 1.84. The molecule has 1 rings (SSSR count). The molecule has 0 atom stereocenters. The largest absolute Gasteiger partial charge is 0.396 e. The highest BCUT2D eigenvalue weighted by Crippen LogP contribution is 2.20. The van der Waals surface area contributed by atoms with Crippen LogP contribution in [-0.4, -0.2) is 0 Å². The van der Waals surface area contributed by atoms with E-state index in [2.05, 4.69) is 6.92 Å². The summed E-state index contributed by atoms with van der Waals surface area (Å²) >= 11 is 5.53. The summed E-state index contributed by atoms with van der Waals surface area (Å²) in [6.07, 6.45) is 0. The van der Waals surface area contributed by atoms with Crippen molar-refractivity contribution in [2.45, 2.75) is 0 Å². The highest BCUT2D eigenvalue weighted by atomic mass is 35.5. The first-order valence-electron chi connectivity index (χ1n) is 2.67. The van der Waals surface area contributed by atoms with Gasteiger partial charge in [-0.3, -0.25) is 0 Å². The van der Waals surface area contributed by atoms with E-state index in [9.17, 15) is 4.39 Å². The molecule has 1 radical (unpaired) electrons. The van der Waals surface area contributed by atoms with Crippen LogP contribution < -0.4 is 5.73 Å². The monoisotopic (exact) mass is 158 g/mol. The van der Waals surface area contributed by atoms with Gasteiger partial charge in [0.1, 0.15) is 5.82 Å². The first kappa shape index (κ1) is 7.35. The van der Waals surface area contributed by atoms with Crippen LogP contribution in [0.1, 0.15) is 5.56 Å². The van der Waals surface area contributed by atoms with Crippen molar-refractivity contribution in [2.24, 2.45) is 0 Å². The Balaban J connectivity index is 3.28. The van der Waals surface area contributed by atoms with E-state index in [-0.39, 0.29) is 5.69 Å². The molecule has 3 heteroatoms. The number of rotatable bonds is 0. The Morgan fingerprint density at radius 2 is 2.10 bits per heavy atom. The fourth-order valence-corrected chi connectivity index (χ4v) is 0.763. The van der Waals surface area contributed by atoms with E-state index in [0.717, 1.165) is 6.07 Å². The van der Waals surface area contributed by atoms with E-state index in [4.69, 9.17) is 17.3 Å². The normalized spacial score (nSPS) is 9.90. The molecule has 0 fully saturated rings. The third kappa shape index (κ3) is 1.21. The zero-order valence-electron chi connectivity index (χ0n) is 5.20. The third-order valence-corrected chi connectivity index (χ3v) is 1.52. The summed E-state index contributed by atoms with van der Waals surface area (Å²) < 4.78 is 12.5. The smallest absolute Gasteiger partial charge is 0.147 e. The molecule has 0 spiro atoms. The van der Waals surface area contributed by atoms with Crippen molar-refractivity contribution in [1.29, 1.82) is 0 Å². The molecule has 0 aromatic heterocycles. The van der Waals surface area contributed by atoms with Crippen LogP contribution in [0, 0.1) is 12.7 Å². The molecule has 1 aromatic carbocycles. The second kappa shape index (κ2) is 2.46. The van der Waals surface area contributed by atoms with Gasteiger partial charge in [0.05, 0.1) is 5.69 Å². The predicted molar refractivity (Wildman–Crippen MR) is 40.3 cm³/mol. The topological polar surface area (TPSA) is 26.0 Å². The molecule has 0 aliphatic heterocycles. The van der Waals surface area contributed by atoms with E-state index in [0.29, 0.717) is 10.6 Å². The molecule has 0 saturated heterocycles. The summed E-state index contributed by atoms with van der Waals surface area (Å²) in [5.41, 5.74) is 5.84. The van der Waals surface area contributed by atoms with Gasteiger partial charge in [-0.1, -0.05) is 11.6 Å². The highest BCUT2D eigenvalue weighted by molar-refractivity contribution is 6.31. The second-order valence-corrected chi connectivity index (χ2v) is 2.37. The molecular formula is C7H6ClFN. The lowest BCUT2D eigenvalue weighted by atomic mass is 10.2. The molecule has 0 aliphatic carbocycles. The zero-order chi connectivity index (χ0) is 7.72. The molecular weight excluding hydrogens is 153 g/mol. The fraction of sp³-hybridized carbons (Fsp3) is 0. The van der Waals surface area contributed by atoms with Gasteiger partial charge in [-0.05, 0) is 24.6 Å². The van der Waals surface area contributed by atoms with Gasteiger partial charge >= 0.3 is 0 Å². The third-order valence-electron chi connectivity index (χ3n) is 1.17. The number of anilines is 1. The van der Waals surface area contributed by atoms with Gasteiger partial charge in [0, 0.05) is 5.02 Å². The molecule has 53 valence electrons. The Labute approximate surface area is 63.6 Å². The van der Waals surface area contributed by atoms with Gasteiger partial charge < -0.3 is 5.73 Å². The number of halogens is 2. The van der Waals surface area contributed by atoms with Crippen molar-refractivity contribution in [1.82, 2.24) is 0 Å². The first-order valence-corrected chi connectivity index (χ1v) is 3.05. The molecule has 10 heavy (non-hydrogen) atoms. The van der Waals surface area contributed by atoms with Crippen LogP contribution in [0.3, 0.4) is 0 Å². The summed E-state index contributed by atoms with van der Waals surface area (Å²) in [6.45, 7) is 3.54. The van der Waals surface area contributed by atoms with E-state index in [1.807, 2.05) is 0 Å². The van der Waals surface area contributed by atoms with Crippen LogP contribution in [0.2, 0.25) is 5.02 Å². The highest BCUT2D eigenvalue weighted by Gasteiger charge is 2.01. The quantitative estimate of drug-likeness (QED) is 0.576. The molecule has 0 heterocycles. The summed E-state index contributed by atoms with van der Waals surface area (Å²) in [7, 11) is 0. The van der Waals surface area contributed by atoms with Gasteiger partial charge in [-0.25, -0.2) is 4.39 Å². The minimum absolute atomic E-state index is 0.0781. The van der Waals surface area contributed by atoms with E-state index < -0.39 is 5.82 Å². The molecule has 0 amide bonds. The average molecular weight is 159 g/mol. The SMILES string of the molecule is [CH2]c1cc(N)c(F)cc1Cl. The maximum absolute atomic E-state index is 12.5. The van der Waals surface area contributed by atoms with Crippen molar-refractivity contribution in [3.05, 3.63) is 35.5 Å². The Hall–Kier alpha value is -0.760. The lowest BCUT2D eigenvalue weighted by Gasteiger charge is -1.99. The molecule has 0 aliphatic rings. The fourth-order valence-electron chi connectivity index (χ4n) is 0.613. The Morgan fingerprint density at radius 3 is 2.60 bits per heavy atom. The van der Waals surface area contributed by atoms with Crippen LogP contribution in [-0.2, 0) is 0 Å². The van der Waals surface area contributed by atoms with Crippen LogP contribution >= 0.6 is 11.6 Å². The second-order valence-electron chi connectivity index (χ2n) is 1.97. The number of hydrogen-bond acceptors (Lipinski definition) is 1. The van der Waals surface area contributed by atoms with Crippen LogP contribution in [0.25, 0.3) is 0 Å². The first-order chi connectivity index (χ1) is 4.61. The maximum Gasteiger partial charge on any atom is 0.147 e. The molecule has 2 N–H and O–H groups in total. The van der Waals surface area contributed by atoms with Crippen molar-refractivity contribution in [3.63, 3.8) is 0 Å². The van der Waals surface area contributed by atoms with Gasteiger partial charge in [0.2, 0.25) is 0 Å². The number of benzene rings is 1. The lowest BCUT2D eigenvalue weighted by Crippen LogP contribution is -1.91. The van der Waals surface area contributed by atoms with Crippen molar-refractivity contribution in [2.75, 3.05) is 5.73 Å². The van der Waals surface area contributed by atoms with Crippen LogP contribution in [0.5, 0.6) is 0 Å². The molecule has 0 unspecified atom stereocenters. The Bertz CT molecular complexity index is 210. The van der Waals surface area contributed by atoms with E-state index in [1.54, 1.807) is 0 Å². The Kier molecular flexibility index (Phi) is 1.81. The summed E-state index contributed by atoms with van der Waals surface area (Å²) in [5, 5.41) is 0.298.